The number of hydrogen-bond donors (Lipinski definition) is 2. The zero-order valence-corrected chi connectivity index (χ0v) is 10.5. The lowest BCUT2D eigenvalue weighted by Gasteiger charge is -2.25. The van der Waals surface area contributed by atoms with Crippen molar-refractivity contribution in [2.45, 2.75) is 20.4 Å². The van der Waals surface area contributed by atoms with Crippen LogP contribution in [0.3, 0.4) is 0 Å². The fraction of sp³-hybridized carbons (Fsp3) is 0.462. The lowest BCUT2D eigenvalue weighted by atomic mass is 10.1. The second kappa shape index (κ2) is 6.25. The molecule has 1 amide bonds. The standard InChI is InChI=1S/C13H21N3O/c1-10(2)8-16(9-13(15)17)12-5-3-11(7-14)4-6-12/h3-6,10H,7-9,14H2,1-2H3,(H2,15,17). The minimum absolute atomic E-state index is 0.250. The summed E-state index contributed by atoms with van der Waals surface area (Å²) in [6.45, 7) is 5.82. The van der Waals surface area contributed by atoms with Gasteiger partial charge in [-0.1, -0.05) is 26.0 Å². The molecular weight excluding hydrogens is 214 g/mol. The highest BCUT2D eigenvalue weighted by atomic mass is 16.1. The van der Waals surface area contributed by atoms with Gasteiger partial charge < -0.3 is 16.4 Å². The van der Waals surface area contributed by atoms with Crippen molar-refractivity contribution in [3.05, 3.63) is 29.8 Å². The summed E-state index contributed by atoms with van der Waals surface area (Å²) in [4.78, 5) is 13.0. The molecule has 4 nitrogen and oxygen atoms in total. The number of carbonyl (C=O) groups is 1. The Morgan fingerprint density at radius 1 is 1.29 bits per heavy atom. The molecule has 4 heteroatoms. The molecule has 0 atom stereocenters. The van der Waals surface area contributed by atoms with Crippen molar-refractivity contribution in [2.24, 2.45) is 17.4 Å². The van der Waals surface area contributed by atoms with Crippen LogP contribution in [0.25, 0.3) is 0 Å². The van der Waals surface area contributed by atoms with E-state index in [2.05, 4.69) is 13.8 Å². The molecule has 0 spiro atoms. The molecule has 1 aromatic rings. The van der Waals surface area contributed by atoms with Crippen LogP contribution in [0.5, 0.6) is 0 Å². The topological polar surface area (TPSA) is 72.3 Å². The quantitative estimate of drug-likeness (QED) is 0.775. The summed E-state index contributed by atoms with van der Waals surface area (Å²) in [5, 5.41) is 0. The Labute approximate surface area is 103 Å². The molecule has 0 aliphatic rings. The summed E-state index contributed by atoms with van der Waals surface area (Å²) in [6, 6.07) is 7.91. The number of rotatable bonds is 6. The fourth-order valence-electron chi connectivity index (χ4n) is 1.73. The van der Waals surface area contributed by atoms with Crippen molar-refractivity contribution in [3.8, 4) is 0 Å². The number of hydrogen-bond acceptors (Lipinski definition) is 3. The summed E-state index contributed by atoms with van der Waals surface area (Å²) in [7, 11) is 0. The molecule has 0 radical (unpaired) electrons. The average molecular weight is 235 g/mol. The molecule has 0 bridgehead atoms. The Hall–Kier alpha value is -1.55. The third kappa shape index (κ3) is 4.44. The minimum atomic E-state index is -0.312. The van der Waals surface area contributed by atoms with E-state index in [1.807, 2.05) is 29.2 Å². The molecule has 94 valence electrons. The average Bonchev–Trinajstić information content (AvgIpc) is 2.27. The number of benzene rings is 1. The molecule has 0 saturated heterocycles. The van der Waals surface area contributed by atoms with Crippen LogP contribution >= 0.6 is 0 Å². The summed E-state index contributed by atoms with van der Waals surface area (Å²) in [6.07, 6.45) is 0. The number of anilines is 1. The molecule has 0 fully saturated rings. The number of nitrogens with zero attached hydrogens (tertiary/aromatic N) is 1. The zero-order chi connectivity index (χ0) is 12.8. The maximum absolute atomic E-state index is 11.0. The first kappa shape index (κ1) is 13.5. The van der Waals surface area contributed by atoms with Gasteiger partial charge in [-0.25, -0.2) is 0 Å². The zero-order valence-electron chi connectivity index (χ0n) is 10.5. The normalized spacial score (nSPS) is 10.6. The largest absolute Gasteiger partial charge is 0.368 e. The van der Waals surface area contributed by atoms with Crippen molar-refractivity contribution in [3.63, 3.8) is 0 Å². The molecule has 0 saturated carbocycles. The smallest absolute Gasteiger partial charge is 0.236 e. The Bertz CT molecular complexity index is 359. The predicted molar refractivity (Wildman–Crippen MR) is 70.6 cm³/mol. The molecule has 4 N–H and O–H groups in total. The maximum atomic E-state index is 11.0. The van der Waals surface area contributed by atoms with E-state index in [-0.39, 0.29) is 12.5 Å². The van der Waals surface area contributed by atoms with Gasteiger partial charge in [0, 0.05) is 18.8 Å². The Morgan fingerprint density at radius 3 is 2.29 bits per heavy atom. The number of amides is 1. The first-order chi connectivity index (χ1) is 8.02. The molecule has 0 aliphatic heterocycles. The van der Waals surface area contributed by atoms with Crippen LogP contribution in [0.4, 0.5) is 5.69 Å². The maximum Gasteiger partial charge on any atom is 0.236 e. The van der Waals surface area contributed by atoms with E-state index in [1.165, 1.54) is 0 Å². The van der Waals surface area contributed by atoms with Crippen LogP contribution in [-0.4, -0.2) is 19.0 Å². The van der Waals surface area contributed by atoms with Gasteiger partial charge in [0.2, 0.25) is 5.91 Å². The first-order valence-corrected chi connectivity index (χ1v) is 5.85. The first-order valence-electron chi connectivity index (χ1n) is 5.85. The summed E-state index contributed by atoms with van der Waals surface area (Å²) >= 11 is 0. The summed E-state index contributed by atoms with van der Waals surface area (Å²) in [5.41, 5.74) is 12.9. The number of carbonyl (C=O) groups excluding carboxylic acids is 1. The van der Waals surface area contributed by atoms with Gasteiger partial charge in [-0.3, -0.25) is 4.79 Å². The molecule has 0 heterocycles. The molecule has 0 aromatic heterocycles. The van der Waals surface area contributed by atoms with Crippen molar-refractivity contribution in [1.82, 2.24) is 0 Å². The van der Waals surface area contributed by atoms with E-state index in [1.54, 1.807) is 0 Å². The summed E-state index contributed by atoms with van der Waals surface area (Å²) < 4.78 is 0. The van der Waals surface area contributed by atoms with Gasteiger partial charge in [0.25, 0.3) is 0 Å². The second-order valence-electron chi connectivity index (χ2n) is 4.61. The third-order valence-electron chi connectivity index (χ3n) is 2.47. The van der Waals surface area contributed by atoms with E-state index in [4.69, 9.17) is 11.5 Å². The lowest BCUT2D eigenvalue weighted by molar-refractivity contribution is -0.116. The van der Waals surface area contributed by atoms with Crippen molar-refractivity contribution in [1.29, 1.82) is 0 Å². The van der Waals surface area contributed by atoms with Gasteiger partial charge in [0.05, 0.1) is 6.54 Å². The van der Waals surface area contributed by atoms with Crippen LogP contribution in [-0.2, 0) is 11.3 Å². The Morgan fingerprint density at radius 2 is 1.88 bits per heavy atom. The second-order valence-corrected chi connectivity index (χ2v) is 4.61. The molecule has 1 rings (SSSR count). The SMILES string of the molecule is CC(C)CN(CC(N)=O)c1ccc(CN)cc1. The number of primary amides is 1. The van der Waals surface area contributed by atoms with E-state index in [0.29, 0.717) is 12.5 Å². The van der Waals surface area contributed by atoms with Gasteiger partial charge in [0.1, 0.15) is 0 Å². The van der Waals surface area contributed by atoms with E-state index >= 15 is 0 Å². The van der Waals surface area contributed by atoms with E-state index < -0.39 is 0 Å². The highest BCUT2D eigenvalue weighted by Gasteiger charge is 2.10. The van der Waals surface area contributed by atoms with E-state index in [9.17, 15) is 4.79 Å². The third-order valence-corrected chi connectivity index (χ3v) is 2.47. The van der Waals surface area contributed by atoms with Crippen molar-refractivity contribution < 1.29 is 4.79 Å². The van der Waals surface area contributed by atoms with Gasteiger partial charge in [-0.05, 0) is 23.6 Å². The van der Waals surface area contributed by atoms with Crippen LogP contribution in [0, 0.1) is 5.92 Å². The highest BCUT2D eigenvalue weighted by Crippen LogP contribution is 2.16. The van der Waals surface area contributed by atoms with Gasteiger partial charge >= 0.3 is 0 Å². The van der Waals surface area contributed by atoms with E-state index in [0.717, 1.165) is 17.8 Å². The van der Waals surface area contributed by atoms with Gasteiger partial charge in [-0.15, -0.1) is 0 Å². The van der Waals surface area contributed by atoms with Gasteiger partial charge in [0.15, 0.2) is 0 Å². The van der Waals surface area contributed by atoms with Crippen molar-refractivity contribution >= 4 is 11.6 Å². The van der Waals surface area contributed by atoms with Crippen LogP contribution in [0.15, 0.2) is 24.3 Å². The molecule has 1 aromatic carbocycles. The fourth-order valence-corrected chi connectivity index (χ4v) is 1.73. The Balaban J connectivity index is 2.83. The number of nitrogens with two attached hydrogens (primary N) is 2. The molecule has 0 aliphatic carbocycles. The predicted octanol–water partition coefficient (Wildman–Crippen LogP) is 1.09. The van der Waals surface area contributed by atoms with Crippen molar-refractivity contribution in [2.75, 3.05) is 18.0 Å². The highest BCUT2D eigenvalue weighted by molar-refractivity contribution is 5.79. The van der Waals surface area contributed by atoms with Crippen LogP contribution in [0.1, 0.15) is 19.4 Å². The Kier molecular flexibility index (Phi) is 4.97. The lowest BCUT2D eigenvalue weighted by Crippen LogP contribution is -2.36. The molecule has 0 unspecified atom stereocenters. The molecule has 17 heavy (non-hydrogen) atoms. The van der Waals surface area contributed by atoms with Crippen LogP contribution < -0.4 is 16.4 Å². The monoisotopic (exact) mass is 235 g/mol. The van der Waals surface area contributed by atoms with Crippen LogP contribution in [0.2, 0.25) is 0 Å². The summed E-state index contributed by atoms with van der Waals surface area (Å²) in [5.74, 6) is 0.164. The minimum Gasteiger partial charge on any atom is -0.368 e. The molecular formula is C13H21N3O. The van der Waals surface area contributed by atoms with Gasteiger partial charge in [-0.2, -0.15) is 0 Å².